The van der Waals surface area contributed by atoms with Crippen LogP contribution in [0.2, 0.25) is 5.02 Å². The molecule has 2 heterocycles. The average Bonchev–Trinajstić information content (AvgIpc) is 3.10. The van der Waals surface area contributed by atoms with Crippen molar-refractivity contribution in [1.29, 1.82) is 0 Å². The molecule has 0 saturated heterocycles. The van der Waals surface area contributed by atoms with E-state index >= 15 is 0 Å². The van der Waals surface area contributed by atoms with Crippen LogP contribution in [0.3, 0.4) is 0 Å². The second kappa shape index (κ2) is 7.30. The number of aromatic nitrogens is 1. The predicted molar refractivity (Wildman–Crippen MR) is 114 cm³/mol. The monoisotopic (exact) mass is 412 g/mol. The summed E-state index contributed by atoms with van der Waals surface area (Å²) in [5, 5.41) is 6.92. The van der Waals surface area contributed by atoms with Gasteiger partial charge in [0.2, 0.25) is 0 Å². The number of hydrogen-bond acceptors (Lipinski definition) is 6. The van der Waals surface area contributed by atoms with Crippen molar-refractivity contribution >= 4 is 44.7 Å². The van der Waals surface area contributed by atoms with Crippen molar-refractivity contribution in [2.45, 2.75) is 13.8 Å². The summed E-state index contributed by atoms with van der Waals surface area (Å²) in [7, 11) is 1.64. The summed E-state index contributed by atoms with van der Waals surface area (Å²) in [5.74, 6) is 0.766. The number of fused-ring (bicyclic) bond motifs is 1. The van der Waals surface area contributed by atoms with Gasteiger partial charge in [-0.05, 0) is 43.2 Å². The van der Waals surface area contributed by atoms with Gasteiger partial charge in [0.25, 0.3) is 0 Å². The van der Waals surface area contributed by atoms with Crippen molar-refractivity contribution in [2.24, 2.45) is 0 Å². The summed E-state index contributed by atoms with van der Waals surface area (Å²) in [6.45, 7) is 4.02. The van der Waals surface area contributed by atoms with Crippen LogP contribution in [0.5, 0.6) is 5.75 Å². The fourth-order valence-corrected chi connectivity index (χ4v) is 4.12. The third-order valence-electron chi connectivity index (χ3n) is 4.36. The topological polar surface area (TPSA) is 64.4 Å². The molecule has 0 spiro atoms. The fraction of sp³-hybridized carbons (Fsp3) is 0.143. The summed E-state index contributed by atoms with van der Waals surface area (Å²) in [5.41, 5.74) is 3.84. The summed E-state index contributed by atoms with van der Waals surface area (Å²) >= 11 is 7.51. The van der Waals surface area contributed by atoms with Crippen LogP contribution >= 0.6 is 22.9 Å². The first-order chi connectivity index (χ1) is 13.5. The molecule has 0 aliphatic heterocycles. The highest BCUT2D eigenvalue weighted by molar-refractivity contribution is 7.14. The summed E-state index contributed by atoms with van der Waals surface area (Å²) in [6.07, 6.45) is 0. The Balaban J connectivity index is 1.72. The van der Waals surface area contributed by atoms with E-state index in [1.165, 1.54) is 11.3 Å². The fourth-order valence-electron chi connectivity index (χ4n) is 3.18. The molecule has 0 aliphatic carbocycles. The van der Waals surface area contributed by atoms with Crippen LogP contribution in [0.1, 0.15) is 11.1 Å². The number of para-hydroxylation sites is 1. The lowest BCUT2D eigenvalue weighted by Crippen LogP contribution is -2.03. The summed E-state index contributed by atoms with van der Waals surface area (Å²) < 4.78 is 10.9. The van der Waals surface area contributed by atoms with Gasteiger partial charge in [-0.3, -0.25) is 0 Å². The Bertz CT molecular complexity index is 1250. The first-order valence-corrected chi connectivity index (χ1v) is 9.82. The second-order valence-electron chi connectivity index (χ2n) is 6.43. The van der Waals surface area contributed by atoms with Crippen LogP contribution in [0.15, 0.2) is 51.0 Å². The molecule has 0 atom stereocenters. The minimum absolute atomic E-state index is 0.381. The number of aryl methyl sites for hydroxylation is 2. The number of benzene rings is 2. The molecule has 0 radical (unpaired) electrons. The number of rotatable bonds is 4. The normalized spacial score (nSPS) is 11.0. The van der Waals surface area contributed by atoms with Gasteiger partial charge in [0.1, 0.15) is 5.75 Å². The van der Waals surface area contributed by atoms with Gasteiger partial charge in [-0.25, -0.2) is 9.78 Å². The smallest absolute Gasteiger partial charge is 0.345 e. The van der Waals surface area contributed by atoms with Gasteiger partial charge >= 0.3 is 5.63 Å². The Morgan fingerprint density at radius 1 is 1.21 bits per heavy atom. The maximum atomic E-state index is 12.4. The van der Waals surface area contributed by atoms with Crippen LogP contribution < -0.4 is 15.7 Å². The number of nitrogens with zero attached hydrogens (tertiary/aromatic N) is 1. The second-order valence-corrected chi connectivity index (χ2v) is 7.70. The molecule has 0 unspecified atom stereocenters. The van der Waals surface area contributed by atoms with E-state index in [4.69, 9.17) is 20.8 Å². The number of hydrogen-bond donors (Lipinski definition) is 1. The van der Waals surface area contributed by atoms with Crippen LogP contribution in [0.25, 0.3) is 22.2 Å². The minimum Gasteiger partial charge on any atom is -0.494 e. The molecule has 7 heteroatoms. The number of methoxy groups -OCH3 is 1. The standard InChI is InChI=1S/C21H17ClN2O3S/c1-11-7-12(2)18(26-3)16(8-11)23-21-24-17(10-28-21)14-9-13-5-4-6-15(22)19(13)27-20(14)25/h4-10H,1-3H3,(H,23,24). The lowest BCUT2D eigenvalue weighted by atomic mass is 10.1. The van der Waals surface area contributed by atoms with E-state index in [2.05, 4.69) is 16.4 Å². The quantitative estimate of drug-likeness (QED) is 0.420. The maximum absolute atomic E-state index is 12.4. The Morgan fingerprint density at radius 3 is 2.82 bits per heavy atom. The molecule has 28 heavy (non-hydrogen) atoms. The molecule has 1 N–H and O–H groups in total. The number of ether oxygens (including phenoxy) is 1. The molecule has 0 amide bonds. The maximum Gasteiger partial charge on any atom is 0.345 e. The zero-order valence-corrected chi connectivity index (χ0v) is 17.1. The molecule has 5 nitrogen and oxygen atoms in total. The van der Waals surface area contributed by atoms with Crippen LogP contribution in [-0.2, 0) is 0 Å². The predicted octanol–water partition coefficient (Wildman–Crippen LogP) is 5.94. The van der Waals surface area contributed by atoms with Crippen LogP contribution in [0, 0.1) is 13.8 Å². The number of anilines is 2. The first kappa shape index (κ1) is 18.5. The van der Waals surface area contributed by atoms with Crippen molar-refractivity contribution in [3.63, 3.8) is 0 Å². The number of halogens is 1. The highest BCUT2D eigenvalue weighted by atomic mass is 35.5. The van der Waals surface area contributed by atoms with E-state index in [1.807, 2.05) is 37.4 Å². The summed E-state index contributed by atoms with van der Waals surface area (Å²) in [6, 6.07) is 11.2. The molecule has 0 bridgehead atoms. The Hall–Kier alpha value is -2.83. The molecule has 4 aromatic rings. The SMILES string of the molecule is COc1c(C)cc(C)cc1Nc1nc(-c2cc3cccc(Cl)c3oc2=O)cs1. The van der Waals surface area contributed by atoms with Crippen molar-refractivity contribution in [3.8, 4) is 17.0 Å². The van der Waals surface area contributed by atoms with E-state index in [-0.39, 0.29) is 0 Å². The molecule has 2 aromatic carbocycles. The van der Waals surface area contributed by atoms with E-state index in [0.717, 1.165) is 28.0 Å². The molecule has 142 valence electrons. The van der Waals surface area contributed by atoms with Crippen molar-refractivity contribution in [3.05, 3.63) is 68.3 Å². The van der Waals surface area contributed by atoms with Gasteiger partial charge in [0, 0.05) is 10.8 Å². The minimum atomic E-state index is -0.471. The molecule has 0 aliphatic rings. The van der Waals surface area contributed by atoms with Gasteiger partial charge in [-0.15, -0.1) is 11.3 Å². The first-order valence-electron chi connectivity index (χ1n) is 8.57. The largest absolute Gasteiger partial charge is 0.494 e. The van der Waals surface area contributed by atoms with Gasteiger partial charge < -0.3 is 14.5 Å². The van der Waals surface area contributed by atoms with E-state index in [0.29, 0.717) is 27.0 Å². The number of thiazole rings is 1. The van der Waals surface area contributed by atoms with E-state index in [1.54, 1.807) is 19.2 Å². The van der Waals surface area contributed by atoms with Gasteiger partial charge in [0.05, 0.1) is 29.1 Å². The summed E-state index contributed by atoms with van der Waals surface area (Å²) in [4.78, 5) is 17.0. The van der Waals surface area contributed by atoms with Gasteiger partial charge in [-0.1, -0.05) is 29.8 Å². The van der Waals surface area contributed by atoms with Crippen molar-refractivity contribution < 1.29 is 9.15 Å². The molecule has 4 rings (SSSR count). The Morgan fingerprint density at radius 2 is 2.04 bits per heavy atom. The van der Waals surface area contributed by atoms with Crippen LogP contribution in [0.4, 0.5) is 10.8 Å². The van der Waals surface area contributed by atoms with Crippen molar-refractivity contribution in [1.82, 2.24) is 4.98 Å². The lowest BCUT2D eigenvalue weighted by Gasteiger charge is -2.13. The van der Waals surface area contributed by atoms with Crippen LogP contribution in [-0.4, -0.2) is 12.1 Å². The zero-order chi connectivity index (χ0) is 19.8. The molecule has 0 saturated carbocycles. The molecular formula is C21H17ClN2O3S. The van der Waals surface area contributed by atoms with E-state index in [9.17, 15) is 4.79 Å². The van der Waals surface area contributed by atoms with Gasteiger partial charge in [0.15, 0.2) is 10.7 Å². The Kier molecular flexibility index (Phi) is 4.83. The average molecular weight is 413 g/mol. The van der Waals surface area contributed by atoms with E-state index < -0.39 is 5.63 Å². The zero-order valence-electron chi connectivity index (χ0n) is 15.5. The molecule has 0 fully saturated rings. The third kappa shape index (κ3) is 3.37. The Labute approximate surface area is 170 Å². The van der Waals surface area contributed by atoms with Crippen molar-refractivity contribution in [2.75, 3.05) is 12.4 Å². The van der Waals surface area contributed by atoms with Gasteiger partial charge in [-0.2, -0.15) is 0 Å². The molecular weight excluding hydrogens is 396 g/mol. The number of nitrogens with one attached hydrogen (secondary N) is 1. The lowest BCUT2D eigenvalue weighted by molar-refractivity contribution is 0.413. The highest BCUT2D eigenvalue weighted by Gasteiger charge is 2.14. The third-order valence-corrected chi connectivity index (χ3v) is 5.41. The molecule has 2 aromatic heterocycles. The highest BCUT2D eigenvalue weighted by Crippen LogP contribution is 2.34.